The normalized spacial score (nSPS) is 14.2. The highest BCUT2D eigenvalue weighted by atomic mass is 31.2. The molecular weight excluding hydrogens is 774 g/mol. The monoisotopic (exact) mass is 862 g/mol. The van der Waals surface area contributed by atoms with Crippen LogP contribution in [-0.2, 0) is 32.7 Å². The molecule has 0 saturated heterocycles. The van der Waals surface area contributed by atoms with E-state index in [9.17, 15) is 19.0 Å². The average Bonchev–Trinajstić information content (AvgIpc) is 3.20. The van der Waals surface area contributed by atoms with E-state index in [1.54, 1.807) is 0 Å². The van der Waals surface area contributed by atoms with E-state index in [1.165, 1.54) is 83.5 Å². The minimum Gasteiger partial charge on any atom is -0.756 e. The van der Waals surface area contributed by atoms with Gasteiger partial charge in [-0.15, -0.1) is 0 Å². The number of nitrogens with zero attached hydrogens (tertiary/aromatic N) is 1. The maximum atomic E-state index is 12.7. The van der Waals surface area contributed by atoms with E-state index in [2.05, 4.69) is 86.8 Å². The van der Waals surface area contributed by atoms with Crippen LogP contribution in [0.5, 0.6) is 0 Å². The number of ether oxygens (including phenoxy) is 2. The number of quaternary nitrogens is 1. The first-order valence-corrected chi connectivity index (χ1v) is 25.1. The zero-order valence-corrected chi connectivity index (χ0v) is 39.8. The molecule has 2 atom stereocenters. The number of esters is 2. The zero-order valence-electron chi connectivity index (χ0n) is 38.9. The third-order valence-corrected chi connectivity index (χ3v) is 10.7. The quantitative estimate of drug-likeness (QED) is 0.0196. The predicted octanol–water partition coefficient (Wildman–Crippen LogP) is 13.2. The van der Waals surface area contributed by atoms with Crippen molar-refractivity contribution < 1.29 is 42.1 Å². The second-order valence-corrected chi connectivity index (χ2v) is 18.2. The summed E-state index contributed by atoms with van der Waals surface area (Å²) in [6, 6.07) is 0. The van der Waals surface area contributed by atoms with Crippen molar-refractivity contribution in [3.05, 3.63) is 72.9 Å². The predicted molar refractivity (Wildman–Crippen MR) is 249 cm³/mol. The van der Waals surface area contributed by atoms with E-state index >= 15 is 0 Å². The molecule has 0 fully saturated rings. The van der Waals surface area contributed by atoms with Crippen molar-refractivity contribution in [3.63, 3.8) is 0 Å². The van der Waals surface area contributed by atoms with Crippen LogP contribution < -0.4 is 4.89 Å². The Labute approximate surface area is 368 Å². The van der Waals surface area contributed by atoms with Crippen molar-refractivity contribution in [3.8, 4) is 0 Å². The molecule has 346 valence electrons. The van der Waals surface area contributed by atoms with Crippen LogP contribution in [-0.4, -0.2) is 70.0 Å². The van der Waals surface area contributed by atoms with Gasteiger partial charge in [0.15, 0.2) is 6.10 Å². The smallest absolute Gasteiger partial charge is 0.306 e. The molecule has 0 aromatic rings. The van der Waals surface area contributed by atoms with Gasteiger partial charge in [-0.05, 0) is 83.5 Å². The molecule has 0 aromatic heterocycles. The van der Waals surface area contributed by atoms with Gasteiger partial charge in [-0.2, -0.15) is 0 Å². The summed E-state index contributed by atoms with van der Waals surface area (Å²) in [4.78, 5) is 37.6. The topological polar surface area (TPSA) is 111 Å². The fourth-order valence-electron chi connectivity index (χ4n) is 5.97. The van der Waals surface area contributed by atoms with E-state index in [0.717, 1.165) is 57.8 Å². The lowest BCUT2D eigenvalue weighted by Gasteiger charge is -2.28. The lowest BCUT2D eigenvalue weighted by Crippen LogP contribution is -2.37. The molecule has 0 amide bonds. The molecule has 1 unspecified atom stereocenters. The van der Waals surface area contributed by atoms with Crippen LogP contribution in [0.3, 0.4) is 0 Å². The Morgan fingerprint density at radius 1 is 0.517 bits per heavy atom. The second kappa shape index (κ2) is 41.8. The molecular formula is C50H88NO8P. The first-order valence-electron chi connectivity index (χ1n) is 23.6. The highest BCUT2D eigenvalue weighted by Gasteiger charge is 2.21. The third kappa shape index (κ3) is 45.0. The van der Waals surface area contributed by atoms with Gasteiger partial charge in [-0.1, -0.05) is 157 Å². The van der Waals surface area contributed by atoms with Crippen LogP contribution in [0.15, 0.2) is 72.9 Å². The molecule has 0 N–H and O–H groups in total. The van der Waals surface area contributed by atoms with Gasteiger partial charge in [-0.3, -0.25) is 14.2 Å². The Bertz CT molecular complexity index is 1250. The number of unbranched alkanes of at least 4 members (excludes halogenated alkanes) is 16. The van der Waals surface area contributed by atoms with Gasteiger partial charge in [0.25, 0.3) is 7.82 Å². The molecule has 0 heterocycles. The molecule has 0 bridgehead atoms. The summed E-state index contributed by atoms with van der Waals surface area (Å²) < 4.78 is 33.9. The van der Waals surface area contributed by atoms with Crippen molar-refractivity contribution >= 4 is 19.8 Å². The molecule has 0 aliphatic heterocycles. The lowest BCUT2D eigenvalue weighted by atomic mass is 10.1. The Morgan fingerprint density at radius 3 is 1.38 bits per heavy atom. The average molecular weight is 862 g/mol. The van der Waals surface area contributed by atoms with Gasteiger partial charge >= 0.3 is 11.9 Å². The SMILES string of the molecule is CCCCC/C=C\C/C=C\C/C=C\C/C=C\CCCC(=O)OC[C@H](COP(=O)([O-])OCC[N+](C)(C)C)OC(=O)CCCCCCCCCCC/C=C\C/C=C\CCCCC. The van der Waals surface area contributed by atoms with Crippen LogP contribution >= 0.6 is 7.82 Å². The molecule has 0 aromatic carbocycles. The van der Waals surface area contributed by atoms with E-state index in [1.807, 2.05) is 21.1 Å². The van der Waals surface area contributed by atoms with E-state index in [-0.39, 0.29) is 26.1 Å². The molecule has 9 nitrogen and oxygen atoms in total. The molecule has 10 heteroatoms. The fraction of sp³-hybridized carbons (Fsp3) is 0.720. The molecule has 0 aliphatic carbocycles. The molecule has 0 saturated carbocycles. The number of likely N-dealkylation sites (N-methyl/N-ethyl adjacent to an activating group) is 1. The van der Waals surface area contributed by atoms with E-state index < -0.39 is 32.5 Å². The molecule has 60 heavy (non-hydrogen) atoms. The number of allylic oxidation sites excluding steroid dienone is 12. The summed E-state index contributed by atoms with van der Waals surface area (Å²) in [5.41, 5.74) is 0. The molecule has 0 rings (SSSR count). The minimum atomic E-state index is -4.64. The van der Waals surface area contributed by atoms with E-state index in [4.69, 9.17) is 18.5 Å². The molecule has 0 spiro atoms. The van der Waals surface area contributed by atoms with Crippen molar-refractivity contribution in [1.82, 2.24) is 0 Å². The number of phosphoric acid groups is 1. The van der Waals surface area contributed by atoms with Crippen LogP contribution in [0.25, 0.3) is 0 Å². The number of carbonyl (C=O) groups is 2. The van der Waals surface area contributed by atoms with Gasteiger partial charge in [0.05, 0.1) is 27.7 Å². The zero-order chi connectivity index (χ0) is 44.3. The highest BCUT2D eigenvalue weighted by molar-refractivity contribution is 7.45. The Hall–Kier alpha value is -2.55. The van der Waals surface area contributed by atoms with Gasteiger partial charge in [0, 0.05) is 12.8 Å². The minimum absolute atomic E-state index is 0.0433. The molecule has 0 radical (unpaired) electrons. The van der Waals surface area contributed by atoms with Gasteiger partial charge in [-0.25, -0.2) is 0 Å². The summed E-state index contributed by atoms with van der Waals surface area (Å²) in [5.74, 6) is -0.909. The lowest BCUT2D eigenvalue weighted by molar-refractivity contribution is -0.870. The number of phosphoric ester groups is 1. The van der Waals surface area contributed by atoms with Crippen LogP contribution in [0.1, 0.15) is 181 Å². The number of carbonyl (C=O) groups excluding carboxylic acids is 2. The van der Waals surface area contributed by atoms with Crippen LogP contribution in [0.2, 0.25) is 0 Å². The van der Waals surface area contributed by atoms with Crippen molar-refractivity contribution in [2.24, 2.45) is 0 Å². The first kappa shape index (κ1) is 57.4. The van der Waals surface area contributed by atoms with Crippen LogP contribution in [0.4, 0.5) is 0 Å². The summed E-state index contributed by atoms with van der Waals surface area (Å²) in [5, 5.41) is 0. The molecule has 0 aliphatic rings. The Balaban J connectivity index is 4.41. The maximum absolute atomic E-state index is 12.7. The third-order valence-electron chi connectivity index (χ3n) is 9.70. The standard InChI is InChI=1S/C50H88NO8P/c1-6-8-10-12-14-16-18-20-22-24-25-27-29-31-33-35-37-39-41-43-50(53)59-48(47-58-60(54,55)57-45-44-51(3,4)5)46-56-49(52)42-40-38-36-34-32-30-28-26-23-21-19-17-15-13-11-9-7-2/h14-17,20-23,28,30,34,36,48H,6-13,18-19,24-27,29,31-33,35,37-47H2,1-5H3/b16-14-,17-15-,22-20-,23-21-,30-28-,36-34-/t48-/m1/s1. The number of rotatable bonds is 42. The van der Waals surface area contributed by atoms with Gasteiger partial charge in [0.1, 0.15) is 19.8 Å². The summed E-state index contributed by atoms with van der Waals surface area (Å²) in [7, 11) is 1.12. The summed E-state index contributed by atoms with van der Waals surface area (Å²) in [6.07, 6.45) is 52.2. The van der Waals surface area contributed by atoms with Crippen molar-refractivity contribution in [1.29, 1.82) is 0 Å². The van der Waals surface area contributed by atoms with Gasteiger partial charge in [0.2, 0.25) is 0 Å². The summed E-state index contributed by atoms with van der Waals surface area (Å²) in [6.45, 7) is 4.10. The summed E-state index contributed by atoms with van der Waals surface area (Å²) >= 11 is 0. The Kier molecular flexibility index (Phi) is 40.0. The first-order chi connectivity index (χ1) is 29.0. The van der Waals surface area contributed by atoms with E-state index in [0.29, 0.717) is 23.9 Å². The number of hydrogen-bond acceptors (Lipinski definition) is 8. The highest BCUT2D eigenvalue weighted by Crippen LogP contribution is 2.38. The van der Waals surface area contributed by atoms with Crippen LogP contribution in [0, 0.1) is 0 Å². The largest absolute Gasteiger partial charge is 0.756 e. The van der Waals surface area contributed by atoms with Crippen molar-refractivity contribution in [2.45, 2.75) is 187 Å². The fourth-order valence-corrected chi connectivity index (χ4v) is 6.70. The van der Waals surface area contributed by atoms with Crippen molar-refractivity contribution in [2.75, 3.05) is 47.5 Å². The van der Waals surface area contributed by atoms with Gasteiger partial charge < -0.3 is 27.9 Å². The number of hydrogen-bond donors (Lipinski definition) is 0. The maximum Gasteiger partial charge on any atom is 0.306 e. The Morgan fingerprint density at radius 2 is 0.917 bits per heavy atom. The second-order valence-electron chi connectivity index (χ2n) is 16.8.